The second kappa shape index (κ2) is 8.39. The number of halogens is 1. The van der Waals surface area contributed by atoms with Crippen LogP contribution in [0.5, 0.6) is 0 Å². The summed E-state index contributed by atoms with van der Waals surface area (Å²) in [6.45, 7) is -0.564. The van der Waals surface area contributed by atoms with E-state index in [-0.39, 0.29) is 35.6 Å². The maximum Gasteiger partial charge on any atom is 0.330 e. The lowest BCUT2D eigenvalue weighted by Crippen LogP contribution is -2.48. The number of allylic oxidation sites excluding steroid dienone is 2. The van der Waals surface area contributed by atoms with E-state index in [2.05, 4.69) is 0 Å². The van der Waals surface area contributed by atoms with Crippen molar-refractivity contribution < 1.29 is 28.3 Å². The number of hydrogen-bond acceptors (Lipinski definition) is 5. The van der Waals surface area contributed by atoms with Crippen molar-refractivity contribution in [2.75, 3.05) is 6.61 Å². The van der Waals surface area contributed by atoms with Crippen LogP contribution in [0.15, 0.2) is 66.7 Å². The predicted molar refractivity (Wildman–Crippen MR) is 115 cm³/mol. The minimum absolute atomic E-state index is 0.0231. The number of benzene rings is 2. The molecule has 1 heterocycles. The fourth-order valence-corrected chi connectivity index (χ4v) is 5.30. The molecule has 2 aromatic rings. The number of fused-ring (bicyclic) bond motifs is 5. The molecule has 2 aliphatic carbocycles. The van der Waals surface area contributed by atoms with E-state index >= 15 is 0 Å². The number of imide groups is 1. The molecule has 2 aromatic carbocycles. The van der Waals surface area contributed by atoms with Crippen molar-refractivity contribution in [2.24, 2.45) is 23.7 Å². The van der Waals surface area contributed by atoms with E-state index in [0.717, 1.165) is 29.0 Å². The van der Waals surface area contributed by atoms with Gasteiger partial charge in [-0.3, -0.25) is 19.3 Å². The van der Waals surface area contributed by atoms with E-state index in [9.17, 15) is 23.6 Å². The van der Waals surface area contributed by atoms with Crippen LogP contribution in [0, 0.1) is 29.5 Å². The number of likely N-dealkylation sites (tertiary alicyclic amines) is 1. The van der Waals surface area contributed by atoms with Gasteiger partial charge in [0.1, 0.15) is 11.9 Å². The lowest BCUT2D eigenvalue weighted by molar-refractivity contribution is -0.158. The Morgan fingerprint density at radius 3 is 2.15 bits per heavy atom. The van der Waals surface area contributed by atoms with Gasteiger partial charge in [-0.15, -0.1) is 0 Å². The lowest BCUT2D eigenvalue weighted by Gasteiger charge is -2.26. The van der Waals surface area contributed by atoms with Crippen molar-refractivity contribution in [1.29, 1.82) is 0 Å². The summed E-state index contributed by atoms with van der Waals surface area (Å²) >= 11 is 0. The molecular weight excluding hydrogens is 425 g/mol. The molecule has 5 rings (SSSR count). The molecule has 0 radical (unpaired) electrons. The van der Waals surface area contributed by atoms with Crippen LogP contribution in [0.1, 0.15) is 22.3 Å². The van der Waals surface area contributed by atoms with Gasteiger partial charge in [0.25, 0.3) is 0 Å². The summed E-state index contributed by atoms with van der Waals surface area (Å²) in [7, 11) is 0. The Balaban J connectivity index is 1.36. The highest BCUT2D eigenvalue weighted by atomic mass is 19.1. The molecule has 0 N–H and O–H groups in total. The highest BCUT2D eigenvalue weighted by Crippen LogP contribution is 2.53. The Morgan fingerprint density at radius 2 is 1.55 bits per heavy atom. The number of carbonyl (C=O) groups is 4. The van der Waals surface area contributed by atoms with Gasteiger partial charge in [0.05, 0.1) is 11.8 Å². The Morgan fingerprint density at radius 1 is 0.939 bits per heavy atom. The summed E-state index contributed by atoms with van der Waals surface area (Å²) in [5.74, 6) is -3.29. The third kappa shape index (κ3) is 3.77. The Hall–Kier alpha value is -3.61. The number of rotatable bonds is 7. The van der Waals surface area contributed by atoms with Crippen LogP contribution in [0.3, 0.4) is 0 Å². The number of carbonyl (C=O) groups excluding carboxylic acids is 4. The number of ketones is 1. The van der Waals surface area contributed by atoms with Crippen molar-refractivity contribution in [3.8, 4) is 0 Å². The molecule has 1 saturated carbocycles. The van der Waals surface area contributed by atoms with Crippen LogP contribution >= 0.6 is 0 Å². The number of nitrogens with zero attached hydrogens (tertiary/aromatic N) is 1. The first kappa shape index (κ1) is 21.2. The fourth-order valence-electron chi connectivity index (χ4n) is 5.30. The number of esters is 1. The summed E-state index contributed by atoms with van der Waals surface area (Å²) < 4.78 is 18.4. The van der Waals surface area contributed by atoms with Gasteiger partial charge >= 0.3 is 5.97 Å². The van der Waals surface area contributed by atoms with Crippen LogP contribution in [-0.2, 0) is 25.5 Å². The SMILES string of the molecule is O=C(COC(=O)C(Cc1ccccc1)N1C(=O)C2C3C=CC(C3)C2C1=O)c1ccc(F)cc1. The number of ether oxygens (including phenoxy) is 1. The van der Waals surface area contributed by atoms with Gasteiger partial charge in [0, 0.05) is 12.0 Å². The van der Waals surface area contributed by atoms with Gasteiger partial charge in [0.15, 0.2) is 12.4 Å². The highest BCUT2D eigenvalue weighted by Gasteiger charge is 2.61. The van der Waals surface area contributed by atoms with E-state index in [1.807, 2.05) is 30.4 Å². The van der Waals surface area contributed by atoms with E-state index in [0.29, 0.717) is 0 Å². The minimum atomic E-state index is -1.15. The van der Waals surface area contributed by atoms with E-state index in [1.165, 1.54) is 12.1 Å². The molecule has 3 aliphatic rings. The molecule has 6 nitrogen and oxygen atoms in total. The molecule has 1 saturated heterocycles. The van der Waals surface area contributed by atoms with E-state index in [1.54, 1.807) is 12.1 Å². The highest BCUT2D eigenvalue weighted by molar-refractivity contribution is 6.09. The molecule has 0 aromatic heterocycles. The first-order valence-electron chi connectivity index (χ1n) is 11.0. The molecule has 7 heteroatoms. The summed E-state index contributed by atoms with van der Waals surface area (Å²) in [6.07, 6.45) is 4.88. The summed E-state index contributed by atoms with van der Waals surface area (Å²) in [5.41, 5.74) is 0.970. The van der Waals surface area contributed by atoms with Crippen molar-refractivity contribution in [3.05, 3.63) is 83.7 Å². The van der Waals surface area contributed by atoms with Crippen LogP contribution in [0.25, 0.3) is 0 Å². The first-order chi connectivity index (χ1) is 15.9. The fraction of sp³-hybridized carbons (Fsp3) is 0.308. The molecule has 168 valence electrons. The second-order valence-corrected chi connectivity index (χ2v) is 8.79. The standard InChI is InChI=1S/C26H22FNO5/c27-19-10-8-16(9-11-19)21(29)14-33-26(32)20(12-15-4-2-1-3-5-15)28-24(30)22-17-6-7-18(13-17)23(22)25(28)31/h1-11,17-18,20,22-23H,12-14H2. The van der Waals surface area contributed by atoms with Crippen molar-refractivity contribution in [2.45, 2.75) is 18.9 Å². The topological polar surface area (TPSA) is 80.8 Å². The van der Waals surface area contributed by atoms with Gasteiger partial charge in [0.2, 0.25) is 11.8 Å². The molecule has 5 atom stereocenters. The lowest BCUT2D eigenvalue weighted by atomic mass is 9.85. The molecule has 1 aliphatic heterocycles. The zero-order valence-electron chi connectivity index (χ0n) is 17.7. The number of amides is 2. The zero-order valence-corrected chi connectivity index (χ0v) is 17.7. The Bertz CT molecular complexity index is 1110. The normalized spacial score (nSPS) is 25.9. The molecular formula is C26H22FNO5. The van der Waals surface area contributed by atoms with Crippen LogP contribution in [0.4, 0.5) is 4.39 Å². The first-order valence-corrected chi connectivity index (χ1v) is 11.0. The monoisotopic (exact) mass is 447 g/mol. The average Bonchev–Trinajstić information content (AvgIpc) is 3.51. The van der Waals surface area contributed by atoms with E-state index in [4.69, 9.17) is 4.74 Å². The maximum absolute atomic E-state index is 13.3. The largest absolute Gasteiger partial charge is 0.456 e. The van der Waals surface area contributed by atoms with Crippen molar-refractivity contribution in [3.63, 3.8) is 0 Å². The quantitative estimate of drug-likeness (QED) is 0.282. The Kier molecular flexibility index (Phi) is 5.40. The van der Waals surface area contributed by atoms with Gasteiger partial charge in [-0.25, -0.2) is 9.18 Å². The second-order valence-electron chi connectivity index (χ2n) is 8.79. The number of hydrogen-bond donors (Lipinski definition) is 0. The summed E-state index contributed by atoms with van der Waals surface area (Å²) in [4.78, 5) is 53.1. The molecule has 2 amide bonds. The predicted octanol–water partition coefficient (Wildman–Crippen LogP) is 2.97. The van der Waals surface area contributed by atoms with Gasteiger partial charge in [-0.1, -0.05) is 42.5 Å². The van der Waals surface area contributed by atoms with Crippen molar-refractivity contribution >= 4 is 23.6 Å². The van der Waals surface area contributed by atoms with E-state index < -0.39 is 42.1 Å². The summed E-state index contributed by atoms with van der Waals surface area (Å²) in [6, 6.07) is 12.8. The maximum atomic E-state index is 13.3. The van der Waals surface area contributed by atoms with Crippen LogP contribution in [0.2, 0.25) is 0 Å². The molecule has 33 heavy (non-hydrogen) atoms. The third-order valence-corrected chi connectivity index (χ3v) is 6.87. The molecule has 0 spiro atoms. The molecule has 5 unspecified atom stereocenters. The van der Waals surface area contributed by atoms with Crippen LogP contribution in [-0.4, -0.2) is 41.1 Å². The van der Waals surface area contributed by atoms with Gasteiger partial charge < -0.3 is 4.74 Å². The average molecular weight is 447 g/mol. The molecule has 2 bridgehead atoms. The Labute approximate surface area is 190 Å². The zero-order chi connectivity index (χ0) is 23.1. The van der Waals surface area contributed by atoms with Crippen molar-refractivity contribution in [1.82, 2.24) is 4.90 Å². The minimum Gasteiger partial charge on any atom is -0.456 e. The van der Waals surface area contributed by atoms with Crippen LogP contribution < -0.4 is 0 Å². The molecule has 2 fully saturated rings. The van der Waals surface area contributed by atoms with Gasteiger partial charge in [-0.2, -0.15) is 0 Å². The third-order valence-electron chi connectivity index (χ3n) is 6.87. The van der Waals surface area contributed by atoms with Gasteiger partial charge in [-0.05, 0) is 48.1 Å². The number of Topliss-reactive ketones (excluding diaryl/α,β-unsaturated/α-hetero) is 1. The smallest absolute Gasteiger partial charge is 0.330 e. The summed E-state index contributed by atoms with van der Waals surface area (Å²) in [5, 5.41) is 0.